The van der Waals surface area contributed by atoms with Crippen molar-refractivity contribution in [2.45, 2.75) is 19.6 Å². The first-order valence-corrected chi connectivity index (χ1v) is 4.91. The fraction of sp³-hybridized carbons (Fsp3) is 0.444. The van der Waals surface area contributed by atoms with Gasteiger partial charge in [-0.15, -0.1) is 0 Å². The molecule has 7 heteroatoms. The topological polar surface area (TPSA) is 88.8 Å². The molecule has 0 aliphatic carbocycles. The summed E-state index contributed by atoms with van der Waals surface area (Å²) in [6.45, 7) is 2.58. The molecule has 0 saturated heterocycles. The van der Waals surface area contributed by atoms with Gasteiger partial charge in [0.2, 0.25) is 0 Å². The summed E-state index contributed by atoms with van der Waals surface area (Å²) in [6, 6.07) is 0. The number of nitrogens with one attached hydrogen (secondary N) is 1. The molecule has 0 aliphatic rings. The fourth-order valence-corrected chi connectivity index (χ4v) is 1.54. The summed E-state index contributed by atoms with van der Waals surface area (Å²) in [7, 11) is 1.54. The first-order valence-electron chi connectivity index (χ1n) is 4.91. The molecule has 2 aromatic rings. The summed E-state index contributed by atoms with van der Waals surface area (Å²) in [6.07, 6.45) is 2.00. The lowest BCUT2D eigenvalue weighted by Gasteiger charge is -2.11. The minimum Gasteiger partial charge on any atom is -0.493 e. The Kier molecular flexibility index (Phi) is 2.86. The number of rotatable bonds is 4. The number of ether oxygens (including phenoxy) is 1. The first-order chi connectivity index (χ1) is 7.77. The van der Waals surface area contributed by atoms with Crippen LogP contribution in [0.4, 0.5) is 0 Å². The highest BCUT2D eigenvalue weighted by Gasteiger charge is 2.22. The molecule has 0 fully saturated rings. The second-order valence-corrected chi connectivity index (χ2v) is 3.19. The van der Waals surface area contributed by atoms with Gasteiger partial charge in [0, 0.05) is 6.54 Å². The number of hydrogen-bond donors (Lipinski definition) is 2. The van der Waals surface area contributed by atoms with Crippen molar-refractivity contribution in [3.8, 4) is 5.75 Å². The molecule has 7 nitrogen and oxygen atoms in total. The molecule has 0 saturated carbocycles. The van der Waals surface area contributed by atoms with Crippen LogP contribution in [0.25, 0.3) is 0 Å². The predicted octanol–water partition coefficient (Wildman–Crippen LogP) is 0.111. The molecule has 0 aliphatic heterocycles. The molecule has 2 N–H and O–H groups in total. The lowest BCUT2D eigenvalue weighted by Crippen LogP contribution is -2.11. The van der Waals surface area contributed by atoms with E-state index in [1.165, 1.54) is 13.4 Å². The fourth-order valence-electron chi connectivity index (χ4n) is 1.54. The second-order valence-electron chi connectivity index (χ2n) is 3.19. The quantitative estimate of drug-likeness (QED) is 0.768. The van der Waals surface area contributed by atoms with Gasteiger partial charge in [-0.3, -0.25) is 9.78 Å². The van der Waals surface area contributed by atoms with E-state index >= 15 is 0 Å². The van der Waals surface area contributed by atoms with Gasteiger partial charge in [0.1, 0.15) is 12.0 Å². The molecule has 86 valence electrons. The maximum Gasteiger partial charge on any atom is 0.163 e. The summed E-state index contributed by atoms with van der Waals surface area (Å²) < 4.78 is 6.80. The lowest BCUT2D eigenvalue weighted by atomic mass is 10.2. The van der Waals surface area contributed by atoms with Crippen molar-refractivity contribution in [3.63, 3.8) is 0 Å². The third-order valence-electron chi connectivity index (χ3n) is 2.32. The first kappa shape index (κ1) is 10.6. The lowest BCUT2D eigenvalue weighted by molar-refractivity contribution is 0.193. The van der Waals surface area contributed by atoms with Gasteiger partial charge in [0.25, 0.3) is 0 Å². The van der Waals surface area contributed by atoms with Gasteiger partial charge in [-0.2, -0.15) is 10.2 Å². The number of nitrogens with zero attached hydrogens (tertiary/aromatic N) is 4. The Bertz CT molecular complexity index is 429. The van der Waals surface area contributed by atoms with Crippen LogP contribution in [-0.2, 0) is 6.54 Å². The number of aromatic amines is 1. The Morgan fingerprint density at radius 2 is 2.44 bits per heavy atom. The van der Waals surface area contributed by atoms with Crippen LogP contribution in [0.3, 0.4) is 0 Å². The van der Waals surface area contributed by atoms with Crippen LogP contribution in [0, 0.1) is 0 Å². The van der Waals surface area contributed by atoms with Crippen molar-refractivity contribution >= 4 is 0 Å². The van der Waals surface area contributed by atoms with Crippen LogP contribution >= 0.6 is 0 Å². The van der Waals surface area contributed by atoms with E-state index in [0.717, 1.165) is 0 Å². The summed E-state index contributed by atoms with van der Waals surface area (Å²) in [4.78, 5) is 3.91. The summed E-state index contributed by atoms with van der Waals surface area (Å²) in [5, 5.41) is 20.5. The molecule has 1 atom stereocenters. The molecule has 16 heavy (non-hydrogen) atoms. The Morgan fingerprint density at radius 3 is 3.00 bits per heavy atom. The van der Waals surface area contributed by atoms with E-state index in [0.29, 0.717) is 23.8 Å². The Balaban J connectivity index is 2.41. The van der Waals surface area contributed by atoms with Crippen LogP contribution in [0.15, 0.2) is 12.5 Å². The molecule has 0 bridgehead atoms. The highest BCUT2D eigenvalue weighted by molar-refractivity contribution is 5.30. The number of aromatic nitrogens is 5. The molecule has 1 unspecified atom stereocenters. The van der Waals surface area contributed by atoms with Crippen molar-refractivity contribution in [2.24, 2.45) is 0 Å². The third-order valence-corrected chi connectivity index (χ3v) is 2.32. The molecular weight excluding hydrogens is 210 g/mol. The number of aliphatic hydroxyl groups excluding tert-OH is 1. The number of methoxy groups -OCH3 is 1. The highest BCUT2D eigenvalue weighted by atomic mass is 16.5. The van der Waals surface area contributed by atoms with E-state index in [9.17, 15) is 5.11 Å². The van der Waals surface area contributed by atoms with Gasteiger partial charge < -0.3 is 9.84 Å². The average Bonchev–Trinajstić information content (AvgIpc) is 2.96. The van der Waals surface area contributed by atoms with Crippen molar-refractivity contribution < 1.29 is 9.84 Å². The molecule has 2 heterocycles. The number of aryl methyl sites for hydroxylation is 1. The smallest absolute Gasteiger partial charge is 0.163 e. The van der Waals surface area contributed by atoms with E-state index < -0.39 is 6.10 Å². The zero-order valence-corrected chi connectivity index (χ0v) is 9.08. The van der Waals surface area contributed by atoms with Gasteiger partial charge in [-0.05, 0) is 6.92 Å². The minimum absolute atomic E-state index is 0.369. The van der Waals surface area contributed by atoms with Crippen LogP contribution in [-0.4, -0.2) is 37.2 Å². The monoisotopic (exact) mass is 223 g/mol. The largest absolute Gasteiger partial charge is 0.493 e. The van der Waals surface area contributed by atoms with Gasteiger partial charge in [0.15, 0.2) is 17.7 Å². The third kappa shape index (κ3) is 1.65. The molecule has 2 rings (SSSR count). The van der Waals surface area contributed by atoms with E-state index in [2.05, 4.69) is 20.3 Å². The Morgan fingerprint density at radius 1 is 1.62 bits per heavy atom. The second kappa shape index (κ2) is 4.31. The van der Waals surface area contributed by atoms with Crippen molar-refractivity contribution in [3.05, 3.63) is 24.0 Å². The zero-order valence-electron chi connectivity index (χ0n) is 9.08. The molecule has 0 amide bonds. The van der Waals surface area contributed by atoms with E-state index in [1.54, 1.807) is 10.9 Å². The van der Waals surface area contributed by atoms with Crippen molar-refractivity contribution in [2.75, 3.05) is 7.11 Å². The van der Waals surface area contributed by atoms with E-state index in [-0.39, 0.29) is 0 Å². The van der Waals surface area contributed by atoms with E-state index in [4.69, 9.17) is 4.74 Å². The zero-order chi connectivity index (χ0) is 11.5. The normalized spacial score (nSPS) is 12.7. The highest BCUT2D eigenvalue weighted by Crippen LogP contribution is 2.27. The summed E-state index contributed by atoms with van der Waals surface area (Å²) in [5.41, 5.74) is 0.571. The predicted molar refractivity (Wildman–Crippen MR) is 54.9 cm³/mol. The van der Waals surface area contributed by atoms with E-state index in [1.807, 2.05) is 6.92 Å². The number of aliphatic hydroxyl groups is 1. The average molecular weight is 223 g/mol. The summed E-state index contributed by atoms with van der Waals surface area (Å²) in [5.74, 6) is 0.902. The van der Waals surface area contributed by atoms with Crippen LogP contribution < -0.4 is 4.74 Å². The maximum atomic E-state index is 10.1. The van der Waals surface area contributed by atoms with Gasteiger partial charge in [-0.25, -0.2) is 4.98 Å². The van der Waals surface area contributed by atoms with Crippen molar-refractivity contribution in [1.82, 2.24) is 25.0 Å². The number of hydrogen-bond acceptors (Lipinski definition) is 5. The molecule has 0 radical (unpaired) electrons. The standard InChI is InChI=1S/C9H13N5O2/c1-3-14-7(6(16-2)4-12-14)8(15)9-10-5-11-13-9/h4-5,8,15H,3H2,1-2H3,(H,10,11,13). The van der Waals surface area contributed by atoms with Crippen molar-refractivity contribution in [1.29, 1.82) is 0 Å². The molecular formula is C9H13N5O2. The van der Waals surface area contributed by atoms with Crippen LogP contribution in [0.1, 0.15) is 24.5 Å². The molecule has 2 aromatic heterocycles. The Hall–Kier alpha value is -1.89. The summed E-state index contributed by atoms with van der Waals surface area (Å²) >= 11 is 0. The van der Waals surface area contributed by atoms with Gasteiger partial charge in [0.05, 0.1) is 13.3 Å². The molecule has 0 spiro atoms. The Labute approximate surface area is 92.1 Å². The van der Waals surface area contributed by atoms with Crippen LogP contribution in [0.2, 0.25) is 0 Å². The maximum absolute atomic E-state index is 10.1. The number of H-pyrrole nitrogens is 1. The van der Waals surface area contributed by atoms with Crippen LogP contribution in [0.5, 0.6) is 5.75 Å². The van der Waals surface area contributed by atoms with Gasteiger partial charge >= 0.3 is 0 Å². The minimum atomic E-state index is -0.917. The SMILES string of the molecule is CCn1ncc(OC)c1C(O)c1ncn[nH]1. The molecule has 0 aromatic carbocycles. The van der Waals surface area contributed by atoms with Gasteiger partial charge in [-0.1, -0.05) is 0 Å².